The van der Waals surface area contributed by atoms with E-state index in [1.165, 1.54) is 14.3 Å². The van der Waals surface area contributed by atoms with E-state index in [1.54, 1.807) is 22.7 Å². The monoisotopic (exact) mass is 188 g/mol. The van der Waals surface area contributed by atoms with Gasteiger partial charge in [-0.15, -0.1) is 22.7 Å². The van der Waals surface area contributed by atoms with Crippen molar-refractivity contribution in [3.8, 4) is 0 Å². The minimum Gasteiger partial charge on any atom is -0.141 e. The van der Waals surface area contributed by atoms with E-state index in [-0.39, 0.29) is 0 Å². The van der Waals surface area contributed by atoms with Gasteiger partial charge in [0, 0.05) is 9.58 Å². The molecule has 2 heterocycles. The third-order valence-electron chi connectivity index (χ3n) is 1.40. The molecule has 0 aliphatic carbocycles. The molecule has 2 rings (SSSR count). The normalized spacial score (nSPS) is 11.0. The van der Waals surface area contributed by atoms with Gasteiger partial charge in [-0.25, -0.2) is 0 Å². The van der Waals surface area contributed by atoms with Crippen LogP contribution in [0.1, 0.15) is 4.88 Å². The van der Waals surface area contributed by atoms with Gasteiger partial charge in [-0.2, -0.15) is 0 Å². The third-order valence-corrected chi connectivity index (χ3v) is 4.23. The topological polar surface area (TPSA) is 0 Å². The standard InChI is InChI=1S/C7H5ClS2/c1-4-6(8)7-5(10-4)2-3-9-7/h2-3H,1H3. The van der Waals surface area contributed by atoms with Gasteiger partial charge in [-0.1, -0.05) is 11.6 Å². The highest BCUT2D eigenvalue weighted by Crippen LogP contribution is 2.37. The maximum atomic E-state index is 6.00. The van der Waals surface area contributed by atoms with Crippen molar-refractivity contribution in [1.82, 2.24) is 0 Å². The van der Waals surface area contributed by atoms with Gasteiger partial charge in [0.25, 0.3) is 0 Å². The van der Waals surface area contributed by atoms with E-state index in [0.717, 1.165) is 5.02 Å². The number of hydrogen-bond donors (Lipinski definition) is 0. The molecular weight excluding hydrogens is 184 g/mol. The van der Waals surface area contributed by atoms with Crippen LogP contribution in [0.5, 0.6) is 0 Å². The second kappa shape index (κ2) is 2.22. The summed E-state index contributed by atoms with van der Waals surface area (Å²) in [5.74, 6) is 0. The Morgan fingerprint density at radius 1 is 1.50 bits per heavy atom. The van der Waals surface area contributed by atoms with Crippen molar-refractivity contribution in [3.63, 3.8) is 0 Å². The van der Waals surface area contributed by atoms with Crippen LogP contribution in [0.4, 0.5) is 0 Å². The average molecular weight is 189 g/mol. The SMILES string of the molecule is Cc1sc2ccsc2c1Cl. The van der Waals surface area contributed by atoms with Gasteiger partial charge in [0.15, 0.2) is 0 Å². The molecule has 52 valence electrons. The molecule has 0 unspecified atom stereocenters. The van der Waals surface area contributed by atoms with E-state index in [9.17, 15) is 0 Å². The Morgan fingerprint density at radius 3 is 3.00 bits per heavy atom. The zero-order chi connectivity index (χ0) is 7.14. The summed E-state index contributed by atoms with van der Waals surface area (Å²) >= 11 is 9.48. The van der Waals surface area contributed by atoms with Crippen LogP contribution < -0.4 is 0 Å². The Balaban J connectivity index is 2.95. The zero-order valence-corrected chi connectivity index (χ0v) is 7.74. The van der Waals surface area contributed by atoms with Crippen LogP contribution in [-0.2, 0) is 0 Å². The maximum absolute atomic E-state index is 6.00. The van der Waals surface area contributed by atoms with Crippen molar-refractivity contribution < 1.29 is 0 Å². The summed E-state index contributed by atoms with van der Waals surface area (Å²) in [7, 11) is 0. The average Bonchev–Trinajstić information content (AvgIpc) is 2.41. The largest absolute Gasteiger partial charge is 0.141 e. The summed E-state index contributed by atoms with van der Waals surface area (Å²) in [6, 6.07) is 2.11. The highest BCUT2D eigenvalue weighted by atomic mass is 35.5. The minimum atomic E-state index is 0.940. The molecule has 0 aliphatic rings. The molecule has 0 saturated heterocycles. The van der Waals surface area contributed by atoms with Gasteiger partial charge in [0.2, 0.25) is 0 Å². The van der Waals surface area contributed by atoms with Crippen molar-refractivity contribution >= 4 is 43.7 Å². The van der Waals surface area contributed by atoms with Gasteiger partial charge >= 0.3 is 0 Å². The van der Waals surface area contributed by atoms with E-state index >= 15 is 0 Å². The first kappa shape index (κ1) is 6.65. The van der Waals surface area contributed by atoms with Gasteiger partial charge < -0.3 is 0 Å². The van der Waals surface area contributed by atoms with Crippen molar-refractivity contribution in [2.45, 2.75) is 6.92 Å². The van der Waals surface area contributed by atoms with Crippen LogP contribution in [0.25, 0.3) is 9.40 Å². The lowest BCUT2D eigenvalue weighted by Crippen LogP contribution is -1.55. The highest BCUT2D eigenvalue weighted by molar-refractivity contribution is 7.27. The van der Waals surface area contributed by atoms with Crippen molar-refractivity contribution in [1.29, 1.82) is 0 Å². The quantitative estimate of drug-likeness (QED) is 0.588. The van der Waals surface area contributed by atoms with Gasteiger partial charge in [-0.05, 0) is 18.4 Å². The lowest BCUT2D eigenvalue weighted by molar-refractivity contribution is 1.66. The van der Waals surface area contributed by atoms with E-state index in [0.29, 0.717) is 0 Å². The van der Waals surface area contributed by atoms with E-state index in [1.807, 2.05) is 0 Å². The predicted molar refractivity (Wildman–Crippen MR) is 49.4 cm³/mol. The second-order valence-corrected chi connectivity index (χ2v) is 4.64. The summed E-state index contributed by atoms with van der Waals surface area (Å²) in [6.45, 7) is 2.06. The van der Waals surface area contributed by atoms with Crippen molar-refractivity contribution in [2.75, 3.05) is 0 Å². The van der Waals surface area contributed by atoms with Crippen molar-refractivity contribution in [2.24, 2.45) is 0 Å². The zero-order valence-electron chi connectivity index (χ0n) is 5.35. The molecule has 0 N–H and O–H groups in total. The lowest BCUT2D eigenvalue weighted by atomic mass is 10.5. The molecule has 0 nitrogen and oxygen atoms in total. The number of hydrogen-bond acceptors (Lipinski definition) is 2. The summed E-state index contributed by atoms with van der Waals surface area (Å²) in [6.07, 6.45) is 0. The van der Waals surface area contributed by atoms with E-state index in [2.05, 4.69) is 18.4 Å². The second-order valence-electron chi connectivity index (χ2n) is 2.09. The number of aryl methyl sites for hydroxylation is 1. The van der Waals surface area contributed by atoms with Crippen LogP contribution in [0.3, 0.4) is 0 Å². The molecule has 10 heavy (non-hydrogen) atoms. The first-order valence-corrected chi connectivity index (χ1v) is 4.98. The Labute approximate surface area is 72.1 Å². The molecule has 3 heteroatoms. The molecule has 0 aliphatic heterocycles. The fourth-order valence-corrected chi connectivity index (χ4v) is 3.37. The van der Waals surface area contributed by atoms with Crippen LogP contribution in [0, 0.1) is 6.92 Å². The smallest absolute Gasteiger partial charge is 0.0720 e. The summed E-state index contributed by atoms with van der Waals surface area (Å²) in [5, 5.41) is 3.02. The maximum Gasteiger partial charge on any atom is 0.0720 e. The van der Waals surface area contributed by atoms with Gasteiger partial charge in [0.1, 0.15) is 0 Å². The molecule has 0 radical (unpaired) electrons. The van der Waals surface area contributed by atoms with Gasteiger partial charge in [-0.3, -0.25) is 0 Å². The van der Waals surface area contributed by atoms with Crippen LogP contribution in [-0.4, -0.2) is 0 Å². The molecule has 0 aromatic carbocycles. The number of rotatable bonds is 0. The van der Waals surface area contributed by atoms with Crippen LogP contribution >= 0.6 is 34.3 Å². The van der Waals surface area contributed by atoms with Crippen molar-refractivity contribution in [3.05, 3.63) is 21.3 Å². The fourth-order valence-electron chi connectivity index (χ4n) is 0.908. The Bertz CT molecular complexity index is 358. The summed E-state index contributed by atoms with van der Waals surface area (Å²) < 4.78 is 2.55. The number of fused-ring (bicyclic) bond motifs is 1. The number of halogens is 1. The van der Waals surface area contributed by atoms with Crippen LogP contribution in [0.15, 0.2) is 11.4 Å². The first-order valence-electron chi connectivity index (χ1n) is 2.91. The Kier molecular flexibility index (Phi) is 1.48. The number of thiophene rings is 2. The molecule has 2 aromatic rings. The third kappa shape index (κ3) is 0.797. The minimum absolute atomic E-state index is 0.940. The highest BCUT2D eigenvalue weighted by Gasteiger charge is 2.06. The van der Waals surface area contributed by atoms with Crippen LogP contribution in [0.2, 0.25) is 5.02 Å². The first-order chi connectivity index (χ1) is 4.79. The molecule has 0 fully saturated rings. The molecule has 0 bridgehead atoms. The fraction of sp³-hybridized carbons (Fsp3) is 0.143. The van der Waals surface area contributed by atoms with E-state index < -0.39 is 0 Å². The summed E-state index contributed by atoms with van der Waals surface area (Å²) in [4.78, 5) is 1.23. The predicted octanol–water partition coefficient (Wildman–Crippen LogP) is 3.92. The summed E-state index contributed by atoms with van der Waals surface area (Å²) in [5.41, 5.74) is 0. The lowest BCUT2D eigenvalue weighted by Gasteiger charge is -1.80. The molecule has 0 atom stereocenters. The Hall–Kier alpha value is -0.0500. The van der Waals surface area contributed by atoms with Gasteiger partial charge in [0.05, 0.1) is 9.72 Å². The molecular formula is C7H5ClS2. The Morgan fingerprint density at radius 2 is 2.30 bits per heavy atom. The van der Waals surface area contributed by atoms with E-state index in [4.69, 9.17) is 11.6 Å². The molecule has 0 saturated carbocycles. The molecule has 0 spiro atoms. The molecule has 2 aromatic heterocycles. The molecule has 0 amide bonds.